The van der Waals surface area contributed by atoms with E-state index in [-0.39, 0.29) is 17.9 Å². The van der Waals surface area contributed by atoms with E-state index in [1.165, 1.54) is 12.2 Å². The molecule has 0 aliphatic rings. The van der Waals surface area contributed by atoms with Crippen LogP contribution in [-0.4, -0.2) is 24.1 Å². The quantitative estimate of drug-likeness (QED) is 0.583. The molecule has 0 radical (unpaired) electrons. The van der Waals surface area contributed by atoms with Crippen LogP contribution in [0, 0.1) is 5.92 Å². The highest BCUT2D eigenvalue weighted by atomic mass is 16.7. The van der Waals surface area contributed by atoms with Gasteiger partial charge >= 0.3 is 0 Å². The lowest BCUT2D eigenvalue weighted by molar-refractivity contribution is -0.188. The molecule has 0 aliphatic heterocycles. The summed E-state index contributed by atoms with van der Waals surface area (Å²) < 4.78 is 0. The van der Waals surface area contributed by atoms with Gasteiger partial charge in [-0.25, -0.2) is 5.06 Å². The number of amides is 1. The maximum absolute atomic E-state index is 11.3. The highest BCUT2D eigenvalue weighted by Gasteiger charge is 2.19. The number of rotatable bonds is 3. The average molecular weight is 159 g/mol. The molecule has 0 rings (SSSR count). The topological polar surface area (TPSA) is 29.5 Å². The smallest absolute Gasteiger partial charge is 0.248 e. The Labute approximate surface area is 68.3 Å². The molecule has 0 aliphatic carbocycles. The van der Waals surface area contributed by atoms with Gasteiger partial charge in [0.15, 0.2) is 0 Å². The van der Waals surface area contributed by atoms with Gasteiger partial charge in [0.25, 0.3) is 0 Å². The molecular weight excluding hydrogens is 142 g/mol. The Morgan fingerprint density at radius 2 is 1.73 bits per heavy atom. The SMILES string of the molecule is CON(C(=O)C(C)C)C(C)C. The van der Waals surface area contributed by atoms with Crippen molar-refractivity contribution < 1.29 is 9.63 Å². The largest absolute Gasteiger partial charge is 0.274 e. The Balaban J connectivity index is 4.15. The Hall–Kier alpha value is -0.570. The molecule has 0 N–H and O–H groups in total. The summed E-state index contributed by atoms with van der Waals surface area (Å²) in [6.07, 6.45) is 0. The minimum atomic E-state index is -0.00245. The Kier molecular flexibility index (Phi) is 4.11. The first-order chi connectivity index (χ1) is 5.00. The fraction of sp³-hybridized carbons (Fsp3) is 0.875. The zero-order chi connectivity index (χ0) is 9.02. The van der Waals surface area contributed by atoms with Gasteiger partial charge in [0.2, 0.25) is 5.91 Å². The lowest BCUT2D eigenvalue weighted by Crippen LogP contribution is -2.38. The van der Waals surface area contributed by atoms with Crippen molar-refractivity contribution in [2.45, 2.75) is 33.7 Å². The molecule has 66 valence electrons. The first-order valence-electron chi connectivity index (χ1n) is 3.87. The van der Waals surface area contributed by atoms with E-state index in [9.17, 15) is 4.79 Å². The van der Waals surface area contributed by atoms with Crippen LogP contribution in [0.2, 0.25) is 0 Å². The van der Waals surface area contributed by atoms with Crippen LogP contribution < -0.4 is 0 Å². The summed E-state index contributed by atoms with van der Waals surface area (Å²) in [6, 6.07) is 0.106. The standard InChI is InChI=1S/C8H17NO2/c1-6(2)8(10)9(11-5)7(3)4/h6-7H,1-5H3. The first-order valence-corrected chi connectivity index (χ1v) is 3.87. The van der Waals surface area contributed by atoms with Crippen LogP contribution in [0.1, 0.15) is 27.7 Å². The van der Waals surface area contributed by atoms with Gasteiger partial charge in [-0.3, -0.25) is 9.63 Å². The molecule has 0 bridgehead atoms. The van der Waals surface area contributed by atoms with E-state index in [1.54, 1.807) is 0 Å². The van der Waals surface area contributed by atoms with Gasteiger partial charge in [-0.1, -0.05) is 13.8 Å². The third-order valence-corrected chi connectivity index (χ3v) is 1.38. The van der Waals surface area contributed by atoms with Gasteiger partial charge in [0.1, 0.15) is 0 Å². The van der Waals surface area contributed by atoms with E-state index in [0.717, 1.165) is 0 Å². The van der Waals surface area contributed by atoms with Crippen molar-refractivity contribution in [2.24, 2.45) is 5.92 Å². The zero-order valence-corrected chi connectivity index (χ0v) is 7.92. The Morgan fingerprint density at radius 3 is 1.82 bits per heavy atom. The predicted octanol–water partition coefficient (Wildman–Crippen LogP) is 1.44. The maximum atomic E-state index is 11.3. The molecule has 1 amide bonds. The van der Waals surface area contributed by atoms with Gasteiger partial charge in [0, 0.05) is 5.92 Å². The van der Waals surface area contributed by atoms with Crippen LogP contribution in [0.4, 0.5) is 0 Å². The summed E-state index contributed by atoms with van der Waals surface area (Å²) in [6.45, 7) is 7.56. The second-order valence-electron chi connectivity index (χ2n) is 3.10. The number of hydrogen-bond donors (Lipinski definition) is 0. The van der Waals surface area contributed by atoms with Crippen molar-refractivity contribution >= 4 is 5.91 Å². The van der Waals surface area contributed by atoms with E-state index in [4.69, 9.17) is 4.84 Å². The second kappa shape index (κ2) is 4.34. The number of hydroxylamine groups is 2. The van der Waals surface area contributed by atoms with Crippen LogP contribution in [-0.2, 0) is 9.63 Å². The molecule has 3 nitrogen and oxygen atoms in total. The number of carbonyl (C=O) groups is 1. The molecular formula is C8H17NO2. The van der Waals surface area contributed by atoms with Gasteiger partial charge in [0.05, 0.1) is 13.2 Å². The van der Waals surface area contributed by atoms with Crippen molar-refractivity contribution in [2.75, 3.05) is 7.11 Å². The van der Waals surface area contributed by atoms with Crippen molar-refractivity contribution in [3.05, 3.63) is 0 Å². The number of hydrogen-bond acceptors (Lipinski definition) is 2. The van der Waals surface area contributed by atoms with Crippen LogP contribution in [0.5, 0.6) is 0 Å². The average Bonchev–Trinajstić information content (AvgIpc) is 1.88. The predicted molar refractivity (Wildman–Crippen MR) is 43.8 cm³/mol. The fourth-order valence-corrected chi connectivity index (χ4v) is 0.810. The normalized spacial score (nSPS) is 10.8. The molecule has 0 atom stereocenters. The Morgan fingerprint density at radius 1 is 1.27 bits per heavy atom. The zero-order valence-electron chi connectivity index (χ0n) is 7.92. The van der Waals surface area contributed by atoms with Crippen molar-refractivity contribution in [1.82, 2.24) is 5.06 Å². The van der Waals surface area contributed by atoms with Crippen LogP contribution >= 0.6 is 0 Å². The van der Waals surface area contributed by atoms with E-state index in [0.29, 0.717) is 0 Å². The van der Waals surface area contributed by atoms with Gasteiger partial charge < -0.3 is 0 Å². The third kappa shape index (κ3) is 2.89. The molecule has 0 heterocycles. The molecule has 0 aromatic carbocycles. The van der Waals surface area contributed by atoms with E-state index >= 15 is 0 Å². The van der Waals surface area contributed by atoms with Gasteiger partial charge in [-0.15, -0.1) is 0 Å². The molecule has 0 saturated carbocycles. The summed E-state index contributed by atoms with van der Waals surface area (Å²) in [5.41, 5.74) is 0. The van der Waals surface area contributed by atoms with E-state index < -0.39 is 0 Å². The summed E-state index contributed by atoms with van der Waals surface area (Å²) in [7, 11) is 1.51. The summed E-state index contributed by atoms with van der Waals surface area (Å²) >= 11 is 0. The van der Waals surface area contributed by atoms with Gasteiger partial charge in [-0.05, 0) is 13.8 Å². The van der Waals surface area contributed by atoms with Gasteiger partial charge in [-0.2, -0.15) is 0 Å². The molecule has 0 aromatic rings. The summed E-state index contributed by atoms with van der Waals surface area (Å²) in [5.74, 6) is 0.0276. The highest BCUT2D eigenvalue weighted by molar-refractivity contribution is 5.77. The third-order valence-electron chi connectivity index (χ3n) is 1.38. The molecule has 11 heavy (non-hydrogen) atoms. The lowest BCUT2D eigenvalue weighted by Gasteiger charge is -2.25. The maximum Gasteiger partial charge on any atom is 0.248 e. The molecule has 0 aromatic heterocycles. The molecule has 0 unspecified atom stereocenters. The molecule has 0 fully saturated rings. The summed E-state index contributed by atoms with van der Waals surface area (Å²) in [4.78, 5) is 16.2. The van der Waals surface area contributed by atoms with Crippen molar-refractivity contribution in [3.8, 4) is 0 Å². The lowest BCUT2D eigenvalue weighted by atomic mass is 10.2. The second-order valence-corrected chi connectivity index (χ2v) is 3.10. The number of nitrogens with zero attached hydrogens (tertiary/aromatic N) is 1. The molecule has 0 saturated heterocycles. The number of carbonyl (C=O) groups excluding carboxylic acids is 1. The monoisotopic (exact) mass is 159 g/mol. The van der Waals surface area contributed by atoms with Crippen molar-refractivity contribution in [3.63, 3.8) is 0 Å². The van der Waals surface area contributed by atoms with Crippen LogP contribution in [0.15, 0.2) is 0 Å². The molecule has 3 heteroatoms. The van der Waals surface area contributed by atoms with Crippen LogP contribution in [0.3, 0.4) is 0 Å². The minimum Gasteiger partial charge on any atom is -0.274 e. The highest BCUT2D eigenvalue weighted by Crippen LogP contribution is 2.05. The fourth-order valence-electron chi connectivity index (χ4n) is 0.810. The van der Waals surface area contributed by atoms with E-state index in [2.05, 4.69) is 0 Å². The van der Waals surface area contributed by atoms with E-state index in [1.807, 2.05) is 27.7 Å². The Bertz CT molecular complexity index is 132. The van der Waals surface area contributed by atoms with Crippen molar-refractivity contribution in [1.29, 1.82) is 0 Å². The first kappa shape index (κ1) is 10.4. The van der Waals surface area contributed by atoms with Crippen LogP contribution in [0.25, 0.3) is 0 Å². The minimum absolute atomic E-state index is 0.00245. The summed E-state index contributed by atoms with van der Waals surface area (Å²) in [5, 5.41) is 1.39. The molecule has 0 spiro atoms.